The molecular formula is C10H15N3O. The minimum atomic E-state index is 0.344. The number of hydrogen-bond donors (Lipinski definition) is 2. The Morgan fingerprint density at radius 2 is 2.14 bits per heavy atom. The first-order chi connectivity index (χ1) is 6.88. The lowest BCUT2D eigenvalue weighted by molar-refractivity contribution is 0.287. The highest BCUT2D eigenvalue weighted by Crippen LogP contribution is 2.03. The Kier molecular flexibility index (Phi) is 4.64. The molecule has 0 radical (unpaired) electrons. The molecule has 0 aliphatic carbocycles. The van der Waals surface area contributed by atoms with Gasteiger partial charge in [0.1, 0.15) is 5.52 Å². The van der Waals surface area contributed by atoms with Crippen LogP contribution in [0.5, 0.6) is 0 Å². The molecule has 0 saturated carbocycles. The van der Waals surface area contributed by atoms with Crippen LogP contribution in [0.3, 0.4) is 0 Å². The quantitative estimate of drug-likeness (QED) is 0.763. The summed E-state index contributed by atoms with van der Waals surface area (Å²) < 4.78 is 0. The number of nitrogens with zero attached hydrogens (tertiary/aromatic N) is 2. The average molecular weight is 193 g/mol. The lowest BCUT2D eigenvalue weighted by Gasteiger charge is -1.79. The zero-order valence-corrected chi connectivity index (χ0v) is 8.27. The molecule has 4 nitrogen and oxygen atoms in total. The Hall–Kier alpha value is -1.42. The van der Waals surface area contributed by atoms with E-state index >= 15 is 0 Å². The normalized spacial score (nSPS) is 9.57. The van der Waals surface area contributed by atoms with Gasteiger partial charge in [0, 0.05) is 6.61 Å². The van der Waals surface area contributed by atoms with E-state index in [0.717, 1.165) is 23.9 Å². The molecule has 4 heteroatoms. The second-order valence-electron chi connectivity index (χ2n) is 2.91. The number of aliphatic hydroxyl groups excluding tert-OH is 1. The molecule has 0 amide bonds. The van der Waals surface area contributed by atoms with E-state index in [1.807, 2.05) is 24.3 Å². The predicted molar refractivity (Wildman–Crippen MR) is 55.9 cm³/mol. The van der Waals surface area contributed by atoms with Gasteiger partial charge in [-0.3, -0.25) is 5.10 Å². The molecule has 0 saturated heterocycles. The standard InChI is InChI=1S/C6H5N3.C4H10O/c1-2-4-6-5(3-1)7-9-8-6;1-2-3-4-5/h1-4H,(H,7,8,9);5H,2-4H2,1H3. The highest BCUT2D eigenvalue weighted by Gasteiger charge is 1.90. The fourth-order valence-corrected chi connectivity index (χ4v) is 0.946. The molecule has 2 N–H and O–H groups in total. The molecule has 0 atom stereocenters. The molecule has 0 aliphatic heterocycles. The van der Waals surface area contributed by atoms with Gasteiger partial charge in [-0.25, -0.2) is 0 Å². The molecule has 2 rings (SSSR count). The predicted octanol–water partition coefficient (Wildman–Crippen LogP) is 1.74. The lowest BCUT2D eigenvalue weighted by atomic mass is 10.3. The summed E-state index contributed by atoms with van der Waals surface area (Å²) in [4.78, 5) is 0. The van der Waals surface area contributed by atoms with Gasteiger partial charge in [-0.1, -0.05) is 30.7 Å². The summed E-state index contributed by atoms with van der Waals surface area (Å²) in [7, 11) is 0. The number of nitrogens with one attached hydrogen (secondary N) is 1. The SMILES string of the molecule is CCCCO.c1ccc2[nH]nnc2c1. The van der Waals surface area contributed by atoms with Crippen molar-refractivity contribution < 1.29 is 5.11 Å². The maximum Gasteiger partial charge on any atom is 0.112 e. The van der Waals surface area contributed by atoms with E-state index in [0.29, 0.717) is 6.61 Å². The number of rotatable bonds is 2. The smallest absolute Gasteiger partial charge is 0.112 e. The summed E-state index contributed by atoms with van der Waals surface area (Å²) in [6, 6.07) is 7.74. The number of benzene rings is 1. The van der Waals surface area contributed by atoms with Gasteiger partial charge in [0.15, 0.2) is 0 Å². The summed E-state index contributed by atoms with van der Waals surface area (Å²) in [5.41, 5.74) is 1.90. The van der Waals surface area contributed by atoms with Crippen LogP contribution in [-0.2, 0) is 0 Å². The second-order valence-corrected chi connectivity index (χ2v) is 2.91. The summed E-state index contributed by atoms with van der Waals surface area (Å²) in [5.74, 6) is 0. The van der Waals surface area contributed by atoms with Crippen LogP contribution < -0.4 is 0 Å². The minimum absolute atomic E-state index is 0.344. The van der Waals surface area contributed by atoms with E-state index in [1.165, 1.54) is 0 Å². The van der Waals surface area contributed by atoms with Crippen LogP contribution in [0, 0.1) is 0 Å². The summed E-state index contributed by atoms with van der Waals surface area (Å²) in [6.07, 6.45) is 2.04. The van der Waals surface area contributed by atoms with E-state index < -0.39 is 0 Å². The molecule has 0 fully saturated rings. The van der Waals surface area contributed by atoms with Gasteiger partial charge in [-0.05, 0) is 18.6 Å². The topological polar surface area (TPSA) is 61.8 Å². The maximum absolute atomic E-state index is 8.07. The molecule has 1 heterocycles. The summed E-state index contributed by atoms with van der Waals surface area (Å²) in [6.45, 7) is 2.40. The zero-order chi connectivity index (χ0) is 10.2. The van der Waals surface area contributed by atoms with Crippen LogP contribution in [0.1, 0.15) is 19.8 Å². The molecule has 1 aromatic carbocycles. The molecule has 1 aromatic heterocycles. The number of fused-ring (bicyclic) bond motifs is 1. The number of unbranched alkanes of at least 4 members (excludes halogenated alkanes) is 1. The number of H-pyrrole nitrogens is 1. The maximum atomic E-state index is 8.07. The van der Waals surface area contributed by atoms with E-state index in [4.69, 9.17) is 5.11 Å². The van der Waals surface area contributed by atoms with Crippen LogP contribution in [0.15, 0.2) is 24.3 Å². The van der Waals surface area contributed by atoms with Crippen molar-refractivity contribution in [2.45, 2.75) is 19.8 Å². The van der Waals surface area contributed by atoms with E-state index in [1.54, 1.807) is 0 Å². The van der Waals surface area contributed by atoms with Crippen molar-refractivity contribution in [1.29, 1.82) is 0 Å². The van der Waals surface area contributed by atoms with Gasteiger partial charge in [-0.15, -0.1) is 5.10 Å². The molecule has 0 spiro atoms. The van der Waals surface area contributed by atoms with Crippen LogP contribution in [-0.4, -0.2) is 27.1 Å². The monoisotopic (exact) mass is 193 g/mol. The number of para-hydroxylation sites is 1. The molecule has 0 unspecified atom stereocenters. The fourth-order valence-electron chi connectivity index (χ4n) is 0.946. The Morgan fingerprint density at radius 3 is 2.71 bits per heavy atom. The van der Waals surface area contributed by atoms with Gasteiger partial charge >= 0.3 is 0 Å². The average Bonchev–Trinajstić information content (AvgIpc) is 2.67. The van der Waals surface area contributed by atoms with Crippen molar-refractivity contribution in [2.24, 2.45) is 0 Å². The van der Waals surface area contributed by atoms with Gasteiger partial charge < -0.3 is 5.11 Å². The molecule has 0 aliphatic rings. The third-order valence-corrected chi connectivity index (χ3v) is 1.74. The molecule has 14 heavy (non-hydrogen) atoms. The highest BCUT2D eigenvalue weighted by molar-refractivity contribution is 5.72. The van der Waals surface area contributed by atoms with Crippen molar-refractivity contribution in [3.8, 4) is 0 Å². The van der Waals surface area contributed by atoms with Crippen molar-refractivity contribution in [3.05, 3.63) is 24.3 Å². The second kappa shape index (κ2) is 6.10. The molecule has 2 aromatic rings. The molecule has 76 valence electrons. The lowest BCUT2D eigenvalue weighted by Crippen LogP contribution is -1.75. The minimum Gasteiger partial charge on any atom is -0.396 e. The van der Waals surface area contributed by atoms with E-state index in [-0.39, 0.29) is 0 Å². The summed E-state index contributed by atoms with van der Waals surface area (Å²) >= 11 is 0. The van der Waals surface area contributed by atoms with Gasteiger partial charge in [0.05, 0.1) is 5.52 Å². The summed E-state index contributed by atoms with van der Waals surface area (Å²) in [5, 5.41) is 18.3. The van der Waals surface area contributed by atoms with Crippen LogP contribution in [0.2, 0.25) is 0 Å². The van der Waals surface area contributed by atoms with Gasteiger partial charge in [0.25, 0.3) is 0 Å². The van der Waals surface area contributed by atoms with Crippen molar-refractivity contribution in [2.75, 3.05) is 6.61 Å². The van der Waals surface area contributed by atoms with E-state index in [9.17, 15) is 0 Å². The van der Waals surface area contributed by atoms with Crippen LogP contribution >= 0.6 is 0 Å². The van der Waals surface area contributed by atoms with E-state index in [2.05, 4.69) is 22.3 Å². The number of hydrogen-bond acceptors (Lipinski definition) is 3. The largest absolute Gasteiger partial charge is 0.396 e. The Bertz CT molecular complexity index is 327. The van der Waals surface area contributed by atoms with Gasteiger partial charge in [-0.2, -0.15) is 0 Å². The van der Waals surface area contributed by atoms with Gasteiger partial charge in [0.2, 0.25) is 0 Å². The number of aliphatic hydroxyl groups is 1. The van der Waals surface area contributed by atoms with Crippen LogP contribution in [0.25, 0.3) is 11.0 Å². The third-order valence-electron chi connectivity index (χ3n) is 1.74. The first-order valence-corrected chi connectivity index (χ1v) is 4.75. The van der Waals surface area contributed by atoms with Crippen molar-refractivity contribution in [1.82, 2.24) is 15.4 Å². The zero-order valence-electron chi connectivity index (χ0n) is 8.27. The Labute approximate surface area is 83.0 Å². The fraction of sp³-hybridized carbons (Fsp3) is 0.400. The Morgan fingerprint density at radius 1 is 1.36 bits per heavy atom. The Balaban J connectivity index is 0.000000171. The number of aromatic amines is 1. The molecular weight excluding hydrogens is 178 g/mol. The van der Waals surface area contributed by atoms with Crippen molar-refractivity contribution in [3.63, 3.8) is 0 Å². The third kappa shape index (κ3) is 3.14. The van der Waals surface area contributed by atoms with Crippen molar-refractivity contribution >= 4 is 11.0 Å². The van der Waals surface area contributed by atoms with Crippen LogP contribution in [0.4, 0.5) is 0 Å². The number of aromatic nitrogens is 3. The first kappa shape index (κ1) is 10.7. The molecule has 0 bridgehead atoms. The first-order valence-electron chi connectivity index (χ1n) is 4.75. The highest BCUT2D eigenvalue weighted by atomic mass is 16.2.